The molecule has 3 N–H and O–H groups in total. The number of rotatable bonds is 4. The molecule has 146 valence electrons. The van der Waals surface area contributed by atoms with Crippen LogP contribution in [-0.2, 0) is 35.9 Å². The number of urea groups is 1. The zero-order valence-electron chi connectivity index (χ0n) is 14.7. The maximum atomic E-state index is 12.4. The highest BCUT2D eigenvalue weighted by Crippen LogP contribution is 2.38. The third kappa shape index (κ3) is 3.70. The Kier molecular flexibility index (Phi) is 4.67. The van der Waals surface area contributed by atoms with Gasteiger partial charge in [0.1, 0.15) is 0 Å². The van der Waals surface area contributed by atoms with Crippen molar-refractivity contribution in [2.45, 2.75) is 57.4 Å². The first-order chi connectivity index (χ1) is 12.8. The van der Waals surface area contributed by atoms with Crippen molar-refractivity contribution in [2.24, 2.45) is 0 Å². The van der Waals surface area contributed by atoms with Gasteiger partial charge in [0.25, 0.3) is 6.08 Å². The molecule has 1 fully saturated rings. The highest BCUT2D eigenvalue weighted by molar-refractivity contribution is 7.88. The summed E-state index contributed by atoms with van der Waals surface area (Å²) < 4.78 is 53.1. The van der Waals surface area contributed by atoms with Crippen molar-refractivity contribution in [3.05, 3.63) is 40.0 Å². The molecule has 1 aromatic carbocycles. The summed E-state index contributed by atoms with van der Waals surface area (Å²) >= 11 is 0. The van der Waals surface area contributed by atoms with Crippen LogP contribution in [0.1, 0.15) is 47.9 Å². The SMILES string of the molecule is O=C(Nc1c2c(cc3c1CCC3)CCC2)NS(=O)(=O)NC1CC(=C(F)F)C1. The molecule has 3 aliphatic carbocycles. The number of hydrogen-bond donors (Lipinski definition) is 3. The topological polar surface area (TPSA) is 87.3 Å². The molecular formula is C18H21F2N3O3S. The summed E-state index contributed by atoms with van der Waals surface area (Å²) in [5.74, 6) is 0. The molecule has 1 aromatic rings. The van der Waals surface area contributed by atoms with Gasteiger partial charge in [0.05, 0.1) is 0 Å². The Balaban J connectivity index is 1.44. The van der Waals surface area contributed by atoms with Gasteiger partial charge in [-0.15, -0.1) is 0 Å². The highest BCUT2D eigenvalue weighted by Gasteiger charge is 2.31. The van der Waals surface area contributed by atoms with E-state index in [0.29, 0.717) is 0 Å². The molecule has 0 saturated heterocycles. The summed E-state index contributed by atoms with van der Waals surface area (Å²) in [5.41, 5.74) is 5.36. The van der Waals surface area contributed by atoms with E-state index in [2.05, 4.69) is 16.1 Å². The van der Waals surface area contributed by atoms with E-state index in [9.17, 15) is 22.0 Å². The zero-order chi connectivity index (χ0) is 19.2. The number of hydrogen-bond acceptors (Lipinski definition) is 3. The molecule has 0 unspecified atom stereocenters. The molecule has 1 saturated carbocycles. The molecule has 2 amide bonds. The predicted octanol–water partition coefficient (Wildman–Crippen LogP) is 2.93. The van der Waals surface area contributed by atoms with Crippen LogP contribution in [0.2, 0.25) is 0 Å². The van der Waals surface area contributed by atoms with Gasteiger partial charge in [-0.3, -0.25) is 0 Å². The van der Waals surface area contributed by atoms with Gasteiger partial charge in [-0.2, -0.15) is 21.9 Å². The van der Waals surface area contributed by atoms with E-state index in [0.717, 1.165) is 55.3 Å². The van der Waals surface area contributed by atoms with Gasteiger partial charge in [0.15, 0.2) is 0 Å². The van der Waals surface area contributed by atoms with Crippen LogP contribution in [0.15, 0.2) is 17.7 Å². The lowest BCUT2D eigenvalue weighted by atomic mass is 9.88. The summed E-state index contributed by atoms with van der Waals surface area (Å²) in [4.78, 5) is 12.3. The minimum Gasteiger partial charge on any atom is -0.307 e. The summed E-state index contributed by atoms with van der Waals surface area (Å²) in [5, 5.41) is 2.74. The molecule has 3 aliphatic rings. The van der Waals surface area contributed by atoms with Crippen LogP contribution >= 0.6 is 0 Å². The van der Waals surface area contributed by atoms with Crippen LogP contribution in [-0.4, -0.2) is 20.5 Å². The Morgan fingerprint density at radius 2 is 1.59 bits per heavy atom. The summed E-state index contributed by atoms with van der Waals surface area (Å²) in [6, 6.07) is 0.776. The van der Waals surface area contributed by atoms with Gasteiger partial charge in [0.2, 0.25) is 0 Å². The molecule has 0 atom stereocenters. The van der Waals surface area contributed by atoms with Gasteiger partial charge < -0.3 is 5.32 Å². The minimum atomic E-state index is -4.12. The predicted molar refractivity (Wildman–Crippen MR) is 97.0 cm³/mol. The molecule has 4 rings (SSSR count). The molecule has 0 spiro atoms. The van der Waals surface area contributed by atoms with E-state index in [1.807, 2.05) is 4.72 Å². The lowest BCUT2D eigenvalue weighted by molar-refractivity contribution is 0.256. The van der Waals surface area contributed by atoms with Crippen molar-refractivity contribution in [3.63, 3.8) is 0 Å². The first-order valence-corrected chi connectivity index (χ1v) is 10.6. The number of amides is 2. The molecule has 6 nitrogen and oxygen atoms in total. The monoisotopic (exact) mass is 397 g/mol. The minimum absolute atomic E-state index is 0.0371. The van der Waals surface area contributed by atoms with Crippen molar-refractivity contribution in [2.75, 3.05) is 5.32 Å². The second-order valence-electron chi connectivity index (χ2n) is 7.38. The lowest BCUT2D eigenvalue weighted by Gasteiger charge is -2.28. The molecule has 27 heavy (non-hydrogen) atoms. The van der Waals surface area contributed by atoms with Gasteiger partial charge in [-0.25, -0.2) is 9.52 Å². The van der Waals surface area contributed by atoms with E-state index >= 15 is 0 Å². The Labute approximate surface area is 156 Å². The number of carbonyl (C=O) groups is 1. The second-order valence-corrected chi connectivity index (χ2v) is 8.83. The average Bonchev–Trinajstić information content (AvgIpc) is 3.18. The van der Waals surface area contributed by atoms with Crippen LogP contribution in [0.5, 0.6) is 0 Å². The maximum Gasteiger partial charge on any atom is 0.333 e. The Bertz CT molecular complexity index is 899. The number of halogens is 2. The third-order valence-electron chi connectivity index (χ3n) is 5.51. The molecular weight excluding hydrogens is 376 g/mol. The zero-order valence-corrected chi connectivity index (χ0v) is 15.5. The van der Waals surface area contributed by atoms with Crippen LogP contribution in [0.3, 0.4) is 0 Å². The van der Waals surface area contributed by atoms with Gasteiger partial charge >= 0.3 is 16.2 Å². The molecule has 0 aromatic heterocycles. The summed E-state index contributed by atoms with van der Waals surface area (Å²) in [6.45, 7) is 0. The van der Waals surface area contributed by atoms with Gasteiger partial charge in [-0.05, 0) is 79.2 Å². The van der Waals surface area contributed by atoms with E-state index in [4.69, 9.17) is 0 Å². The van der Waals surface area contributed by atoms with Gasteiger partial charge in [0, 0.05) is 11.7 Å². The fraction of sp³-hybridized carbons (Fsp3) is 0.500. The van der Waals surface area contributed by atoms with E-state index in [1.165, 1.54) is 11.1 Å². The van der Waals surface area contributed by atoms with Crippen LogP contribution < -0.4 is 14.8 Å². The van der Waals surface area contributed by atoms with Crippen molar-refractivity contribution in [3.8, 4) is 0 Å². The van der Waals surface area contributed by atoms with Crippen molar-refractivity contribution < 1.29 is 22.0 Å². The first-order valence-electron chi connectivity index (χ1n) is 9.13. The summed E-state index contributed by atoms with van der Waals surface area (Å²) in [7, 11) is -4.12. The number of aryl methyl sites for hydroxylation is 2. The number of carbonyl (C=O) groups excluding carboxylic acids is 1. The van der Waals surface area contributed by atoms with Crippen LogP contribution in [0, 0.1) is 0 Å². The normalized spacial score (nSPS) is 20.7. The Morgan fingerprint density at radius 1 is 1.00 bits per heavy atom. The highest BCUT2D eigenvalue weighted by atomic mass is 32.2. The Morgan fingerprint density at radius 3 is 2.15 bits per heavy atom. The molecule has 0 radical (unpaired) electrons. The maximum absolute atomic E-state index is 12.4. The van der Waals surface area contributed by atoms with Crippen molar-refractivity contribution >= 4 is 21.9 Å². The number of fused-ring (bicyclic) bond motifs is 2. The summed E-state index contributed by atoms with van der Waals surface area (Å²) in [6.07, 6.45) is 3.90. The third-order valence-corrected chi connectivity index (χ3v) is 6.61. The smallest absolute Gasteiger partial charge is 0.307 e. The van der Waals surface area contributed by atoms with Gasteiger partial charge in [-0.1, -0.05) is 6.07 Å². The quantitative estimate of drug-likeness (QED) is 0.730. The van der Waals surface area contributed by atoms with Crippen molar-refractivity contribution in [1.82, 2.24) is 9.44 Å². The molecule has 0 bridgehead atoms. The van der Waals surface area contributed by atoms with Crippen LogP contribution in [0.4, 0.5) is 19.3 Å². The Hall–Kier alpha value is -2.00. The first kappa shape index (κ1) is 18.4. The average molecular weight is 397 g/mol. The molecule has 0 aliphatic heterocycles. The molecule has 9 heteroatoms. The van der Waals surface area contributed by atoms with E-state index in [1.54, 1.807) is 0 Å². The van der Waals surface area contributed by atoms with Crippen LogP contribution in [0.25, 0.3) is 0 Å². The van der Waals surface area contributed by atoms with E-state index < -0.39 is 28.4 Å². The fourth-order valence-electron chi connectivity index (χ4n) is 4.25. The van der Waals surface area contributed by atoms with Crippen molar-refractivity contribution in [1.29, 1.82) is 0 Å². The molecule has 0 heterocycles. The number of nitrogens with one attached hydrogen (secondary N) is 3. The second kappa shape index (κ2) is 6.87. The van der Waals surface area contributed by atoms with E-state index in [-0.39, 0.29) is 18.4 Å². The standard InChI is InChI=1S/C18H21F2N3O3S/c19-17(20)12-8-13(9-12)22-27(25,26)23-18(24)21-16-14-5-1-3-10(14)7-11-4-2-6-15(11)16/h7,13,22H,1-6,8-9H2,(H2,21,23,24). The number of anilines is 1. The fourth-order valence-corrected chi connectivity index (χ4v) is 5.21. The largest absolute Gasteiger partial charge is 0.333 e. The lowest BCUT2D eigenvalue weighted by Crippen LogP contribution is -2.49. The number of benzene rings is 1.